The fraction of sp³-hybridized carbons (Fsp3) is 0.500. The van der Waals surface area contributed by atoms with Crippen LogP contribution in [0.25, 0.3) is 0 Å². The lowest BCUT2D eigenvalue weighted by Gasteiger charge is -2.36. The van der Waals surface area contributed by atoms with Crippen molar-refractivity contribution in [1.29, 1.82) is 0 Å². The van der Waals surface area contributed by atoms with Crippen LogP contribution in [-0.4, -0.2) is 22.4 Å². The van der Waals surface area contributed by atoms with E-state index in [0.717, 1.165) is 19.3 Å². The number of hydrogen-bond acceptors (Lipinski definition) is 5. The normalized spacial score (nSPS) is 22.6. The molecule has 3 rings (SSSR count). The second kappa shape index (κ2) is 5.98. The van der Waals surface area contributed by atoms with Gasteiger partial charge in [-0.25, -0.2) is 0 Å². The molecule has 122 valence electrons. The number of ether oxygens (including phenoxy) is 1. The average Bonchev–Trinajstić information content (AvgIpc) is 2.84. The zero-order valence-electron chi connectivity index (χ0n) is 12.6. The standard InChI is InChI=1S/C16H18N2O5/c19-14-10-13(16(23-14)7-2-1-3-8-16)15(20)17-11-5-4-6-12(9-11)18(21)22/h4-6,9,13H,1-3,7-8,10H2,(H,17,20). The van der Waals surface area contributed by atoms with Crippen LogP contribution in [0.4, 0.5) is 11.4 Å². The van der Waals surface area contributed by atoms with Crippen molar-refractivity contribution >= 4 is 23.3 Å². The third-order valence-electron chi connectivity index (χ3n) is 4.66. The third kappa shape index (κ3) is 3.04. The highest BCUT2D eigenvalue weighted by Crippen LogP contribution is 2.44. The van der Waals surface area contributed by atoms with Gasteiger partial charge >= 0.3 is 5.97 Å². The second-order valence-corrected chi connectivity index (χ2v) is 6.15. The van der Waals surface area contributed by atoms with Crippen molar-refractivity contribution in [2.75, 3.05) is 5.32 Å². The van der Waals surface area contributed by atoms with E-state index in [2.05, 4.69) is 5.32 Å². The van der Waals surface area contributed by atoms with Crippen molar-refractivity contribution in [3.8, 4) is 0 Å². The van der Waals surface area contributed by atoms with Crippen molar-refractivity contribution < 1.29 is 19.2 Å². The van der Waals surface area contributed by atoms with Crippen LogP contribution < -0.4 is 5.32 Å². The maximum atomic E-state index is 12.6. The van der Waals surface area contributed by atoms with Gasteiger partial charge in [-0.2, -0.15) is 0 Å². The molecule has 1 unspecified atom stereocenters. The van der Waals surface area contributed by atoms with Crippen molar-refractivity contribution in [1.82, 2.24) is 0 Å². The first-order valence-electron chi connectivity index (χ1n) is 7.77. The molecule has 1 saturated carbocycles. The third-order valence-corrected chi connectivity index (χ3v) is 4.66. The summed E-state index contributed by atoms with van der Waals surface area (Å²) in [6.07, 6.45) is 4.43. The molecule has 2 aliphatic rings. The van der Waals surface area contributed by atoms with Gasteiger partial charge in [0, 0.05) is 17.8 Å². The Labute approximate surface area is 133 Å². The lowest BCUT2D eigenvalue weighted by Crippen LogP contribution is -2.43. The fourth-order valence-electron chi connectivity index (χ4n) is 3.55. The van der Waals surface area contributed by atoms with Gasteiger partial charge in [-0.1, -0.05) is 12.5 Å². The van der Waals surface area contributed by atoms with E-state index in [-0.39, 0.29) is 24.0 Å². The fourth-order valence-corrected chi connectivity index (χ4v) is 3.55. The number of nitrogens with one attached hydrogen (secondary N) is 1. The summed E-state index contributed by atoms with van der Waals surface area (Å²) in [5.74, 6) is -1.18. The number of nitrogens with zero attached hydrogens (tertiary/aromatic N) is 1. The molecule has 1 aromatic rings. The maximum Gasteiger partial charge on any atom is 0.307 e. The summed E-state index contributed by atoms with van der Waals surface area (Å²) < 4.78 is 5.52. The highest BCUT2D eigenvalue weighted by molar-refractivity contribution is 5.97. The minimum absolute atomic E-state index is 0.0702. The number of non-ortho nitro benzene ring substituents is 1. The molecule has 1 N–H and O–H groups in total. The summed E-state index contributed by atoms with van der Waals surface area (Å²) in [6.45, 7) is 0. The van der Waals surface area contributed by atoms with Gasteiger partial charge < -0.3 is 10.1 Å². The van der Waals surface area contributed by atoms with Crippen LogP contribution in [0.5, 0.6) is 0 Å². The first-order chi connectivity index (χ1) is 11.0. The van der Waals surface area contributed by atoms with Crippen LogP contribution in [0.15, 0.2) is 24.3 Å². The van der Waals surface area contributed by atoms with E-state index >= 15 is 0 Å². The molecule has 1 amide bonds. The summed E-state index contributed by atoms with van der Waals surface area (Å²) in [7, 11) is 0. The van der Waals surface area contributed by atoms with Gasteiger partial charge in [0.1, 0.15) is 5.60 Å². The van der Waals surface area contributed by atoms with Crippen LogP contribution in [0.3, 0.4) is 0 Å². The first-order valence-corrected chi connectivity index (χ1v) is 7.77. The van der Waals surface area contributed by atoms with Crippen molar-refractivity contribution in [2.45, 2.75) is 44.1 Å². The number of anilines is 1. The molecule has 23 heavy (non-hydrogen) atoms. The quantitative estimate of drug-likeness (QED) is 0.525. The van der Waals surface area contributed by atoms with E-state index in [0.29, 0.717) is 18.5 Å². The van der Waals surface area contributed by atoms with E-state index in [9.17, 15) is 19.7 Å². The molecule has 0 bridgehead atoms. The summed E-state index contributed by atoms with van der Waals surface area (Å²) in [5, 5.41) is 13.5. The number of hydrogen-bond donors (Lipinski definition) is 1. The Hall–Kier alpha value is -2.44. The Morgan fingerprint density at radius 2 is 2.04 bits per heavy atom. The molecular weight excluding hydrogens is 300 g/mol. The van der Waals surface area contributed by atoms with E-state index in [1.165, 1.54) is 18.2 Å². The van der Waals surface area contributed by atoms with Crippen LogP contribution in [0.1, 0.15) is 38.5 Å². The molecule has 1 atom stereocenters. The smallest absolute Gasteiger partial charge is 0.307 e. The molecule has 1 aromatic carbocycles. The lowest BCUT2D eigenvalue weighted by molar-refractivity contribution is -0.384. The SMILES string of the molecule is O=C1CC(C(=O)Nc2cccc([N+](=O)[O-])c2)C2(CCCCC2)O1. The molecule has 0 aromatic heterocycles. The highest BCUT2D eigenvalue weighted by atomic mass is 16.6. The molecule has 1 aliphatic carbocycles. The topological polar surface area (TPSA) is 98.5 Å². The predicted molar refractivity (Wildman–Crippen MR) is 81.7 cm³/mol. The minimum Gasteiger partial charge on any atom is -0.458 e. The molecule has 1 saturated heterocycles. The van der Waals surface area contributed by atoms with Crippen LogP contribution in [0, 0.1) is 16.0 Å². The lowest BCUT2D eigenvalue weighted by atomic mass is 9.75. The van der Waals surface area contributed by atoms with E-state index in [1.807, 2.05) is 0 Å². The van der Waals surface area contributed by atoms with Gasteiger partial charge in [0.25, 0.3) is 5.69 Å². The van der Waals surface area contributed by atoms with Gasteiger partial charge in [-0.05, 0) is 31.7 Å². The van der Waals surface area contributed by atoms with Crippen molar-refractivity contribution in [3.63, 3.8) is 0 Å². The molecule has 1 spiro atoms. The number of esters is 1. The summed E-state index contributed by atoms with van der Waals surface area (Å²) in [5.41, 5.74) is -0.427. The van der Waals surface area contributed by atoms with E-state index < -0.39 is 16.4 Å². The van der Waals surface area contributed by atoms with Crippen LogP contribution >= 0.6 is 0 Å². The summed E-state index contributed by atoms with van der Waals surface area (Å²) in [6, 6.07) is 5.78. The van der Waals surface area contributed by atoms with Gasteiger partial charge in [-0.3, -0.25) is 19.7 Å². The largest absolute Gasteiger partial charge is 0.458 e. The van der Waals surface area contributed by atoms with Crippen LogP contribution in [-0.2, 0) is 14.3 Å². The van der Waals surface area contributed by atoms with Gasteiger partial charge in [0.2, 0.25) is 5.91 Å². The highest BCUT2D eigenvalue weighted by Gasteiger charge is 2.52. The Morgan fingerprint density at radius 3 is 2.74 bits per heavy atom. The Kier molecular flexibility index (Phi) is 4.02. The number of carbonyl (C=O) groups excluding carboxylic acids is 2. The van der Waals surface area contributed by atoms with E-state index in [1.54, 1.807) is 6.07 Å². The predicted octanol–water partition coefficient (Wildman–Crippen LogP) is 2.80. The minimum atomic E-state index is -0.694. The summed E-state index contributed by atoms with van der Waals surface area (Å²) in [4.78, 5) is 34.6. The van der Waals surface area contributed by atoms with Crippen LogP contribution in [0.2, 0.25) is 0 Å². The maximum absolute atomic E-state index is 12.6. The summed E-state index contributed by atoms with van der Waals surface area (Å²) >= 11 is 0. The Balaban J connectivity index is 1.78. The average molecular weight is 318 g/mol. The Morgan fingerprint density at radius 1 is 1.30 bits per heavy atom. The molecule has 0 radical (unpaired) electrons. The van der Waals surface area contributed by atoms with Gasteiger partial charge in [-0.15, -0.1) is 0 Å². The molecule has 7 heteroatoms. The number of rotatable bonds is 3. The number of carbonyl (C=O) groups is 2. The number of nitro benzene ring substituents is 1. The van der Waals surface area contributed by atoms with Gasteiger partial charge in [0.05, 0.1) is 17.3 Å². The molecular formula is C16H18N2O5. The van der Waals surface area contributed by atoms with Gasteiger partial charge in [0.15, 0.2) is 0 Å². The van der Waals surface area contributed by atoms with Crippen molar-refractivity contribution in [2.24, 2.45) is 5.92 Å². The van der Waals surface area contributed by atoms with E-state index in [4.69, 9.17) is 4.74 Å². The molecule has 1 heterocycles. The molecule has 2 fully saturated rings. The second-order valence-electron chi connectivity index (χ2n) is 6.15. The monoisotopic (exact) mass is 318 g/mol. The first kappa shape index (κ1) is 15.5. The zero-order valence-corrected chi connectivity index (χ0v) is 12.6. The Bertz CT molecular complexity index is 652. The number of nitro groups is 1. The molecule has 1 aliphatic heterocycles. The number of benzene rings is 1. The molecule has 7 nitrogen and oxygen atoms in total. The number of amides is 1. The zero-order chi connectivity index (χ0) is 16.4. The van der Waals surface area contributed by atoms with Crippen molar-refractivity contribution in [3.05, 3.63) is 34.4 Å².